The predicted molar refractivity (Wildman–Crippen MR) is 69.1 cm³/mol. The Kier molecular flexibility index (Phi) is 5.38. The van der Waals surface area contributed by atoms with Crippen molar-refractivity contribution in [3.05, 3.63) is 28.3 Å². The van der Waals surface area contributed by atoms with Crippen LogP contribution in [0.15, 0.2) is 18.2 Å². The summed E-state index contributed by atoms with van der Waals surface area (Å²) in [5.74, 6) is 0.568. The van der Waals surface area contributed by atoms with Crippen molar-refractivity contribution in [3.8, 4) is 5.75 Å². The lowest BCUT2D eigenvalue weighted by atomic mass is 10.2. The summed E-state index contributed by atoms with van der Waals surface area (Å²) in [6.45, 7) is 2.28. The highest BCUT2D eigenvalue weighted by Gasteiger charge is 2.14. The molecule has 0 fully saturated rings. The summed E-state index contributed by atoms with van der Waals surface area (Å²) in [5, 5.41) is 23.0. The van der Waals surface area contributed by atoms with Crippen molar-refractivity contribution >= 4 is 11.4 Å². The molecule has 6 nitrogen and oxygen atoms in total. The van der Waals surface area contributed by atoms with Crippen molar-refractivity contribution in [2.45, 2.75) is 25.9 Å². The third kappa shape index (κ3) is 4.21. The maximum atomic E-state index is 10.8. The molecule has 6 heteroatoms. The van der Waals surface area contributed by atoms with Gasteiger partial charge in [-0.2, -0.15) is 0 Å². The number of nitro groups is 1. The molecule has 0 aromatic heterocycles. The van der Waals surface area contributed by atoms with Crippen LogP contribution in [0, 0.1) is 10.1 Å². The van der Waals surface area contributed by atoms with E-state index in [1.165, 1.54) is 13.2 Å². The van der Waals surface area contributed by atoms with Gasteiger partial charge in [0, 0.05) is 18.7 Å². The summed E-state index contributed by atoms with van der Waals surface area (Å²) in [7, 11) is 1.51. The molecule has 1 unspecified atom stereocenters. The largest absolute Gasteiger partial charge is 0.497 e. The summed E-state index contributed by atoms with van der Waals surface area (Å²) >= 11 is 0. The minimum atomic E-state index is -0.434. The highest BCUT2D eigenvalue weighted by Crippen LogP contribution is 2.28. The number of aliphatic hydroxyl groups excluding tert-OH is 1. The van der Waals surface area contributed by atoms with Gasteiger partial charge in [0.15, 0.2) is 0 Å². The van der Waals surface area contributed by atoms with E-state index in [4.69, 9.17) is 9.84 Å². The van der Waals surface area contributed by atoms with Crippen LogP contribution >= 0.6 is 0 Å². The van der Waals surface area contributed by atoms with Crippen LogP contribution < -0.4 is 10.1 Å². The molecule has 0 spiro atoms. The molecule has 0 bridgehead atoms. The van der Waals surface area contributed by atoms with Crippen molar-refractivity contribution in [3.63, 3.8) is 0 Å². The fourth-order valence-corrected chi connectivity index (χ4v) is 1.56. The summed E-state index contributed by atoms with van der Waals surface area (Å²) < 4.78 is 5.03. The van der Waals surface area contributed by atoms with Gasteiger partial charge in [-0.15, -0.1) is 0 Å². The molecule has 1 aromatic rings. The van der Waals surface area contributed by atoms with Crippen LogP contribution in [0.1, 0.15) is 19.8 Å². The minimum Gasteiger partial charge on any atom is -0.497 e. The molecule has 1 atom stereocenters. The minimum absolute atomic E-state index is 0.0212. The molecular weight excluding hydrogens is 236 g/mol. The van der Waals surface area contributed by atoms with Gasteiger partial charge in [0.25, 0.3) is 5.69 Å². The molecule has 1 rings (SSSR count). The average molecular weight is 254 g/mol. The molecule has 0 amide bonds. The van der Waals surface area contributed by atoms with Gasteiger partial charge in [0.1, 0.15) is 11.4 Å². The summed E-state index contributed by atoms with van der Waals surface area (Å²) in [4.78, 5) is 10.4. The number of ether oxygens (including phenoxy) is 1. The van der Waals surface area contributed by atoms with Gasteiger partial charge in [0.2, 0.25) is 0 Å². The Bertz CT molecular complexity index is 407. The van der Waals surface area contributed by atoms with E-state index in [0.717, 1.165) is 6.42 Å². The highest BCUT2D eigenvalue weighted by atomic mass is 16.6. The lowest BCUT2D eigenvalue weighted by molar-refractivity contribution is -0.384. The second-order valence-electron chi connectivity index (χ2n) is 4.06. The first kappa shape index (κ1) is 14.2. The molecule has 0 radical (unpaired) electrons. The molecular formula is C12H18N2O4. The zero-order valence-corrected chi connectivity index (χ0v) is 10.5. The monoisotopic (exact) mass is 254 g/mol. The van der Waals surface area contributed by atoms with Gasteiger partial charge < -0.3 is 15.2 Å². The fraction of sp³-hybridized carbons (Fsp3) is 0.500. The van der Waals surface area contributed by atoms with Gasteiger partial charge in [-0.25, -0.2) is 0 Å². The lowest BCUT2D eigenvalue weighted by Crippen LogP contribution is -2.08. The number of hydrogen-bond acceptors (Lipinski definition) is 5. The Hall–Kier alpha value is -1.82. The molecule has 0 heterocycles. The van der Waals surface area contributed by atoms with Crippen molar-refractivity contribution in [1.82, 2.24) is 0 Å². The molecule has 100 valence electrons. The van der Waals surface area contributed by atoms with Crippen LogP contribution in [-0.4, -0.2) is 29.8 Å². The van der Waals surface area contributed by atoms with Gasteiger partial charge in [0.05, 0.1) is 18.1 Å². The average Bonchev–Trinajstić information content (AvgIpc) is 2.33. The Morgan fingerprint density at radius 3 is 2.83 bits per heavy atom. The smallest absolute Gasteiger partial charge is 0.292 e. The van der Waals surface area contributed by atoms with E-state index in [9.17, 15) is 10.1 Å². The fourth-order valence-electron chi connectivity index (χ4n) is 1.56. The summed E-state index contributed by atoms with van der Waals surface area (Å²) in [5.41, 5.74) is 0.456. The van der Waals surface area contributed by atoms with E-state index >= 15 is 0 Å². The molecule has 2 N–H and O–H groups in total. The number of aliphatic hydroxyl groups is 1. The highest BCUT2D eigenvalue weighted by molar-refractivity contribution is 5.64. The molecule has 1 aromatic carbocycles. The topological polar surface area (TPSA) is 84.6 Å². The quantitative estimate of drug-likeness (QED) is 0.442. The Morgan fingerprint density at radius 2 is 2.28 bits per heavy atom. The molecule has 0 saturated carbocycles. The van der Waals surface area contributed by atoms with Crippen molar-refractivity contribution < 1.29 is 14.8 Å². The first-order valence-electron chi connectivity index (χ1n) is 5.79. The van der Waals surface area contributed by atoms with Crippen molar-refractivity contribution in [1.29, 1.82) is 0 Å². The summed E-state index contributed by atoms with van der Waals surface area (Å²) in [6, 6.07) is 4.56. The number of nitro benzene ring substituents is 1. The third-order valence-corrected chi connectivity index (χ3v) is 2.51. The second kappa shape index (κ2) is 6.80. The van der Waals surface area contributed by atoms with E-state index < -0.39 is 4.92 Å². The number of anilines is 1. The lowest BCUT2D eigenvalue weighted by Gasteiger charge is -2.09. The van der Waals surface area contributed by atoms with Crippen molar-refractivity contribution in [2.75, 3.05) is 19.0 Å². The normalized spacial score (nSPS) is 11.9. The Balaban J connectivity index is 2.69. The first-order valence-corrected chi connectivity index (χ1v) is 5.79. The maximum Gasteiger partial charge on any atom is 0.292 e. The van der Waals surface area contributed by atoms with Gasteiger partial charge in [-0.1, -0.05) is 0 Å². The van der Waals surface area contributed by atoms with Crippen LogP contribution in [0.5, 0.6) is 5.75 Å². The number of rotatable bonds is 7. The van der Waals surface area contributed by atoms with E-state index in [1.807, 2.05) is 0 Å². The molecule has 0 aliphatic rings. The molecule has 0 aliphatic heterocycles. The number of benzene rings is 1. The van der Waals surface area contributed by atoms with Gasteiger partial charge >= 0.3 is 0 Å². The Morgan fingerprint density at radius 1 is 1.56 bits per heavy atom. The second-order valence-corrected chi connectivity index (χ2v) is 4.06. The zero-order chi connectivity index (χ0) is 13.5. The SMILES string of the molecule is COc1ccc([N+](=O)[O-])c(NCCCC(C)O)c1. The number of hydrogen-bond donors (Lipinski definition) is 2. The number of nitrogens with one attached hydrogen (secondary N) is 1. The summed E-state index contributed by atoms with van der Waals surface area (Å²) in [6.07, 6.45) is 1.05. The predicted octanol–water partition coefficient (Wildman–Crippen LogP) is 2.18. The van der Waals surface area contributed by atoms with Gasteiger partial charge in [-0.3, -0.25) is 10.1 Å². The number of nitrogens with zero attached hydrogens (tertiary/aromatic N) is 1. The Labute approximate surface area is 106 Å². The zero-order valence-electron chi connectivity index (χ0n) is 10.5. The van der Waals surface area contributed by atoms with Gasteiger partial charge in [-0.05, 0) is 25.8 Å². The van der Waals surface area contributed by atoms with Crippen LogP contribution in [0.2, 0.25) is 0 Å². The molecule has 0 saturated heterocycles. The maximum absolute atomic E-state index is 10.8. The third-order valence-electron chi connectivity index (χ3n) is 2.51. The molecule has 0 aliphatic carbocycles. The van der Waals surface area contributed by atoms with E-state index in [2.05, 4.69) is 5.32 Å². The van der Waals surface area contributed by atoms with Crippen LogP contribution in [0.25, 0.3) is 0 Å². The first-order chi connectivity index (χ1) is 8.54. The van der Waals surface area contributed by atoms with Crippen LogP contribution in [-0.2, 0) is 0 Å². The molecule has 18 heavy (non-hydrogen) atoms. The van der Waals surface area contributed by atoms with Crippen LogP contribution in [0.4, 0.5) is 11.4 Å². The van der Waals surface area contributed by atoms with E-state index in [1.54, 1.807) is 19.1 Å². The van der Waals surface area contributed by atoms with Crippen molar-refractivity contribution in [2.24, 2.45) is 0 Å². The standard InChI is InChI=1S/C12H18N2O4/c1-9(15)4-3-7-13-11-8-10(18-2)5-6-12(11)14(16)17/h5-6,8-9,13,15H,3-4,7H2,1-2H3. The number of methoxy groups -OCH3 is 1. The van der Waals surface area contributed by atoms with E-state index in [0.29, 0.717) is 24.4 Å². The van der Waals surface area contributed by atoms with E-state index in [-0.39, 0.29) is 11.8 Å². The van der Waals surface area contributed by atoms with Crippen LogP contribution in [0.3, 0.4) is 0 Å².